The van der Waals surface area contributed by atoms with Gasteiger partial charge in [0.05, 0.1) is 18.3 Å². The van der Waals surface area contributed by atoms with Gasteiger partial charge in [-0.2, -0.15) is 0 Å². The van der Waals surface area contributed by atoms with E-state index >= 15 is 0 Å². The standard InChI is InChI=1S/C10H11N3O5/c14-7-1-6(2-11-3-7)10(18)13-4-8(15)12-5-9(16)17/h1-3,14H,4-5H2,(H,12,15)(H,13,18)(H,16,17). The fourth-order valence-electron chi connectivity index (χ4n) is 1.05. The Balaban J connectivity index is 2.42. The van der Waals surface area contributed by atoms with Gasteiger partial charge in [-0.3, -0.25) is 19.4 Å². The summed E-state index contributed by atoms with van der Waals surface area (Å²) in [6.45, 7) is -0.871. The molecule has 8 nitrogen and oxygen atoms in total. The maximum Gasteiger partial charge on any atom is 0.322 e. The van der Waals surface area contributed by atoms with Gasteiger partial charge in [-0.25, -0.2) is 0 Å². The summed E-state index contributed by atoms with van der Waals surface area (Å²) in [4.78, 5) is 36.3. The molecule has 0 aromatic carbocycles. The number of pyridine rings is 1. The highest BCUT2D eigenvalue weighted by Crippen LogP contribution is 2.07. The number of carbonyl (C=O) groups excluding carboxylic acids is 2. The number of carboxylic acid groups (broad SMARTS) is 1. The van der Waals surface area contributed by atoms with Crippen molar-refractivity contribution in [1.29, 1.82) is 0 Å². The third-order valence-electron chi connectivity index (χ3n) is 1.83. The summed E-state index contributed by atoms with van der Waals surface area (Å²) < 4.78 is 0. The van der Waals surface area contributed by atoms with Crippen LogP contribution in [-0.4, -0.2) is 46.1 Å². The number of nitrogens with zero attached hydrogens (tertiary/aromatic N) is 1. The predicted molar refractivity (Wildman–Crippen MR) is 58.9 cm³/mol. The average molecular weight is 253 g/mol. The third-order valence-corrected chi connectivity index (χ3v) is 1.83. The van der Waals surface area contributed by atoms with Crippen molar-refractivity contribution in [3.8, 4) is 5.75 Å². The minimum absolute atomic E-state index is 0.0982. The lowest BCUT2D eigenvalue weighted by atomic mass is 10.2. The number of nitrogens with one attached hydrogen (secondary N) is 2. The lowest BCUT2D eigenvalue weighted by Crippen LogP contribution is -2.39. The highest BCUT2D eigenvalue weighted by Gasteiger charge is 2.09. The van der Waals surface area contributed by atoms with Gasteiger partial charge in [-0.1, -0.05) is 0 Å². The molecule has 1 aromatic rings. The Morgan fingerprint density at radius 1 is 1.17 bits per heavy atom. The van der Waals surface area contributed by atoms with E-state index in [9.17, 15) is 14.4 Å². The van der Waals surface area contributed by atoms with Gasteiger partial charge in [0, 0.05) is 6.20 Å². The summed E-state index contributed by atoms with van der Waals surface area (Å²) in [7, 11) is 0. The summed E-state index contributed by atoms with van der Waals surface area (Å²) >= 11 is 0. The molecule has 1 heterocycles. The number of aromatic nitrogens is 1. The predicted octanol–water partition coefficient (Wildman–Crippen LogP) is -1.28. The van der Waals surface area contributed by atoms with E-state index in [4.69, 9.17) is 10.2 Å². The molecular formula is C10H11N3O5. The molecule has 8 heteroatoms. The third kappa shape index (κ3) is 4.47. The van der Waals surface area contributed by atoms with Crippen molar-refractivity contribution >= 4 is 17.8 Å². The van der Waals surface area contributed by atoms with E-state index in [1.165, 1.54) is 12.3 Å². The van der Waals surface area contributed by atoms with Crippen LogP contribution in [-0.2, 0) is 9.59 Å². The normalized spacial score (nSPS) is 9.56. The number of aromatic hydroxyl groups is 1. The summed E-state index contributed by atoms with van der Waals surface area (Å²) in [6.07, 6.45) is 2.39. The molecular weight excluding hydrogens is 242 g/mol. The molecule has 2 amide bonds. The summed E-state index contributed by atoms with van der Waals surface area (Å²) in [6, 6.07) is 1.19. The van der Waals surface area contributed by atoms with Crippen molar-refractivity contribution in [3.63, 3.8) is 0 Å². The minimum atomic E-state index is -1.17. The first-order valence-corrected chi connectivity index (χ1v) is 4.89. The fourth-order valence-corrected chi connectivity index (χ4v) is 1.05. The summed E-state index contributed by atoms with van der Waals surface area (Å²) in [5.41, 5.74) is 0.0982. The Bertz CT molecular complexity index is 474. The maximum absolute atomic E-state index is 11.5. The second kappa shape index (κ2) is 6.18. The quantitative estimate of drug-likeness (QED) is 0.517. The number of hydrogen-bond donors (Lipinski definition) is 4. The molecule has 0 radical (unpaired) electrons. The Labute approximate surface area is 102 Å². The molecule has 0 spiro atoms. The SMILES string of the molecule is O=C(O)CNC(=O)CNC(=O)c1cncc(O)c1. The van der Waals surface area contributed by atoms with Crippen LogP contribution in [0.4, 0.5) is 0 Å². The van der Waals surface area contributed by atoms with Gasteiger partial charge in [-0.15, -0.1) is 0 Å². The van der Waals surface area contributed by atoms with E-state index in [0.29, 0.717) is 0 Å². The van der Waals surface area contributed by atoms with Crippen LogP contribution in [0.2, 0.25) is 0 Å². The van der Waals surface area contributed by atoms with E-state index < -0.39 is 24.3 Å². The first kappa shape index (κ1) is 13.4. The molecule has 18 heavy (non-hydrogen) atoms. The van der Waals surface area contributed by atoms with Crippen LogP contribution in [0.3, 0.4) is 0 Å². The highest BCUT2D eigenvalue weighted by molar-refractivity contribution is 5.96. The Kier molecular flexibility index (Phi) is 4.61. The second-order valence-corrected chi connectivity index (χ2v) is 3.28. The summed E-state index contributed by atoms with van der Waals surface area (Å²) in [5, 5.41) is 21.7. The van der Waals surface area contributed by atoms with E-state index in [0.717, 1.165) is 6.20 Å². The Morgan fingerprint density at radius 2 is 1.89 bits per heavy atom. The van der Waals surface area contributed by atoms with Crippen molar-refractivity contribution in [1.82, 2.24) is 15.6 Å². The number of amides is 2. The second-order valence-electron chi connectivity index (χ2n) is 3.28. The number of rotatable bonds is 5. The molecule has 1 aromatic heterocycles. The molecule has 96 valence electrons. The van der Waals surface area contributed by atoms with Gasteiger partial charge in [0.1, 0.15) is 12.3 Å². The fraction of sp³-hybridized carbons (Fsp3) is 0.200. The molecule has 0 aliphatic rings. The smallest absolute Gasteiger partial charge is 0.322 e. The van der Waals surface area contributed by atoms with Crippen molar-refractivity contribution in [2.75, 3.05) is 13.1 Å². The molecule has 0 bridgehead atoms. The zero-order chi connectivity index (χ0) is 13.5. The van der Waals surface area contributed by atoms with Crippen LogP contribution in [0.5, 0.6) is 5.75 Å². The van der Waals surface area contributed by atoms with Crippen molar-refractivity contribution in [2.24, 2.45) is 0 Å². The molecule has 1 rings (SSSR count). The number of carboxylic acids is 1. The average Bonchev–Trinajstić information content (AvgIpc) is 2.33. The molecule has 0 aliphatic heterocycles. The minimum Gasteiger partial charge on any atom is -0.506 e. The lowest BCUT2D eigenvalue weighted by Gasteiger charge is -2.05. The highest BCUT2D eigenvalue weighted by atomic mass is 16.4. The zero-order valence-corrected chi connectivity index (χ0v) is 9.21. The van der Waals surface area contributed by atoms with Gasteiger partial charge in [0.2, 0.25) is 5.91 Å². The topological polar surface area (TPSA) is 129 Å². The number of carbonyl (C=O) groups is 3. The van der Waals surface area contributed by atoms with Gasteiger partial charge in [0.25, 0.3) is 5.91 Å². The molecule has 0 atom stereocenters. The monoisotopic (exact) mass is 253 g/mol. The van der Waals surface area contributed by atoms with Crippen molar-refractivity contribution < 1.29 is 24.6 Å². The molecule has 0 saturated carbocycles. The van der Waals surface area contributed by atoms with Crippen LogP contribution >= 0.6 is 0 Å². The van der Waals surface area contributed by atoms with Crippen LogP contribution in [0.1, 0.15) is 10.4 Å². The largest absolute Gasteiger partial charge is 0.506 e. The van der Waals surface area contributed by atoms with Gasteiger partial charge in [-0.05, 0) is 6.07 Å². The van der Waals surface area contributed by atoms with Crippen molar-refractivity contribution in [2.45, 2.75) is 0 Å². The van der Waals surface area contributed by atoms with Crippen LogP contribution in [0.25, 0.3) is 0 Å². The Morgan fingerprint density at radius 3 is 2.50 bits per heavy atom. The maximum atomic E-state index is 11.5. The summed E-state index contributed by atoms with van der Waals surface area (Å²) in [5.74, 6) is -2.56. The molecule has 0 unspecified atom stereocenters. The van der Waals surface area contributed by atoms with E-state index in [1.54, 1.807) is 0 Å². The zero-order valence-electron chi connectivity index (χ0n) is 9.21. The molecule has 0 aliphatic carbocycles. The lowest BCUT2D eigenvalue weighted by molar-refractivity contribution is -0.137. The molecule has 0 saturated heterocycles. The van der Waals surface area contributed by atoms with Gasteiger partial charge in [0.15, 0.2) is 0 Å². The Hall–Kier alpha value is -2.64. The van der Waals surface area contributed by atoms with E-state index in [1.807, 2.05) is 0 Å². The molecule has 0 fully saturated rings. The number of aliphatic carboxylic acids is 1. The van der Waals surface area contributed by atoms with Gasteiger partial charge < -0.3 is 20.8 Å². The van der Waals surface area contributed by atoms with Crippen LogP contribution in [0, 0.1) is 0 Å². The first-order valence-electron chi connectivity index (χ1n) is 4.89. The van der Waals surface area contributed by atoms with E-state index in [-0.39, 0.29) is 17.9 Å². The molecule has 4 N–H and O–H groups in total. The van der Waals surface area contributed by atoms with Crippen LogP contribution in [0.15, 0.2) is 18.5 Å². The van der Waals surface area contributed by atoms with E-state index in [2.05, 4.69) is 15.6 Å². The van der Waals surface area contributed by atoms with Crippen LogP contribution < -0.4 is 10.6 Å². The first-order chi connectivity index (χ1) is 8.49. The van der Waals surface area contributed by atoms with Crippen molar-refractivity contribution in [3.05, 3.63) is 24.0 Å². The van der Waals surface area contributed by atoms with Gasteiger partial charge >= 0.3 is 5.97 Å². The number of hydrogen-bond acceptors (Lipinski definition) is 5.